The molecule has 2 nitrogen and oxygen atoms in total. The number of benzene rings is 2. The fourth-order valence-electron chi connectivity index (χ4n) is 1.98. The van der Waals surface area contributed by atoms with Crippen molar-refractivity contribution >= 4 is 0 Å². The maximum Gasteiger partial charge on any atom is 0.139 e. The molecule has 0 radical (unpaired) electrons. The minimum atomic E-state index is -0.465. The van der Waals surface area contributed by atoms with Gasteiger partial charge in [-0.15, -0.1) is 0 Å². The van der Waals surface area contributed by atoms with Gasteiger partial charge in [-0.2, -0.15) is 0 Å². The molecule has 0 saturated heterocycles. The van der Waals surface area contributed by atoms with Gasteiger partial charge in [0.25, 0.3) is 0 Å². The molecule has 0 amide bonds. The third-order valence-electron chi connectivity index (χ3n) is 3.05. The Morgan fingerprint density at radius 2 is 1.95 bits per heavy atom. The van der Waals surface area contributed by atoms with Crippen LogP contribution in [0.2, 0.25) is 0 Å². The molecule has 0 heterocycles. The van der Waals surface area contributed by atoms with E-state index in [1.54, 1.807) is 18.2 Å². The van der Waals surface area contributed by atoms with Crippen molar-refractivity contribution in [2.45, 2.75) is 19.4 Å². The van der Waals surface area contributed by atoms with Gasteiger partial charge in [0, 0.05) is 12.1 Å². The van der Waals surface area contributed by atoms with Gasteiger partial charge >= 0.3 is 0 Å². The molecule has 100 valence electrons. The normalized spacial score (nSPS) is 12.2. The second kappa shape index (κ2) is 6.34. The van der Waals surface area contributed by atoms with Crippen molar-refractivity contribution < 1.29 is 9.13 Å². The molecule has 0 spiro atoms. The van der Waals surface area contributed by atoms with Crippen LogP contribution < -0.4 is 10.5 Å². The molecule has 0 aliphatic carbocycles. The van der Waals surface area contributed by atoms with E-state index < -0.39 is 6.10 Å². The highest BCUT2D eigenvalue weighted by Gasteiger charge is 2.15. The van der Waals surface area contributed by atoms with Gasteiger partial charge in [-0.3, -0.25) is 0 Å². The van der Waals surface area contributed by atoms with Crippen molar-refractivity contribution in [3.8, 4) is 5.75 Å². The van der Waals surface area contributed by atoms with Gasteiger partial charge in [0.2, 0.25) is 0 Å². The summed E-state index contributed by atoms with van der Waals surface area (Å²) in [4.78, 5) is 0. The Morgan fingerprint density at radius 3 is 2.63 bits per heavy atom. The topological polar surface area (TPSA) is 35.2 Å². The molecule has 0 bridgehead atoms. The summed E-state index contributed by atoms with van der Waals surface area (Å²) in [5, 5.41) is 0. The van der Waals surface area contributed by atoms with Gasteiger partial charge in [0.15, 0.2) is 0 Å². The van der Waals surface area contributed by atoms with Crippen molar-refractivity contribution in [1.82, 2.24) is 0 Å². The quantitative estimate of drug-likeness (QED) is 0.892. The van der Waals surface area contributed by atoms with Crippen molar-refractivity contribution in [2.24, 2.45) is 5.73 Å². The second-order valence-corrected chi connectivity index (χ2v) is 4.36. The predicted molar refractivity (Wildman–Crippen MR) is 74.6 cm³/mol. The smallest absolute Gasteiger partial charge is 0.139 e. The first-order chi connectivity index (χ1) is 9.24. The van der Waals surface area contributed by atoms with Gasteiger partial charge in [-0.25, -0.2) is 4.39 Å². The van der Waals surface area contributed by atoms with E-state index in [0.717, 1.165) is 12.2 Å². The summed E-state index contributed by atoms with van der Waals surface area (Å²) >= 11 is 0. The highest BCUT2D eigenvalue weighted by molar-refractivity contribution is 5.30. The largest absolute Gasteiger partial charge is 0.484 e. The number of aryl methyl sites for hydroxylation is 1. The van der Waals surface area contributed by atoms with E-state index in [9.17, 15) is 4.39 Å². The van der Waals surface area contributed by atoms with E-state index in [1.165, 1.54) is 11.6 Å². The maximum atomic E-state index is 13.7. The van der Waals surface area contributed by atoms with E-state index in [1.807, 2.05) is 24.3 Å². The van der Waals surface area contributed by atoms with Crippen molar-refractivity contribution in [3.05, 3.63) is 65.5 Å². The zero-order chi connectivity index (χ0) is 13.7. The summed E-state index contributed by atoms with van der Waals surface area (Å²) in [5.41, 5.74) is 7.38. The number of nitrogens with two attached hydrogens (primary N) is 1. The third-order valence-corrected chi connectivity index (χ3v) is 3.05. The Hall–Kier alpha value is -1.87. The molecule has 1 atom stereocenters. The fraction of sp³-hybridized carbons (Fsp3) is 0.250. The molecule has 19 heavy (non-hydrogen) atoms. The molecule has 0 saturated carbocycles. The summed E-state index contributed by atoms with van der Waals surface area (Å²) in [5.74, 6) is 0.433. The lowest BCUT2D eigenvalue weighted by molar-refractivity contribution is 0.209. The lowest BCUT2D eigenvalue weighted by atomic mass is 10.1. The number of rotatable bonds is 5. The molecule has 2 aromatic carbocycles. The van der Waals surface area contributed by atoms with Crippen LogP contribution in [0.5, 0.6) is 5.75 Å². The molecule has 0 aliphatic heterocycles. The molecule has 0 aliphatic rings. The minimum absolute atomic E-state index is 0.233. The molecule has 2 rings (SSSR count). The zero-order valence-electron chi connectivity index (χ0n) is 11.0. The van der Waals surface area contributed by atoms with E-state index in [4.69, 9.17) is 10.5 Å². The van der Waals surface area contributed by atoms with Crippen molar-refractivity contribution in [1.29, 1.82) is 0 Å². The van der Waals surface area contributed by atoms with E-state index in [0.29, 0.717) is 5.56 Å². The fourth-order valence-corrected chi connectivity index (χ4v) is 1.98. The highest BCUT2D eigenvalue weighted by atomic mass is 19.1. The van der Waals surface area contributed by atoms with Gasteiger partial charge in [-0.1, -0.05) is 37.3 Å². The van der Waals surface area contributed by atoms with Gasteiger partial charge in [0.1, 0.15) is 17.7 Å². The highest BCUT2D eigenvalue weighted by Crippen LogP contribution is 2.24. The molecule has 0 fully saturated rings. The Kier molecular flexibility index (Phi) is 4.53. The Balaban J connectivity index is 2.21. The van der Waals surface area contributed by atoms with E-state index in [-0.39, 0.29) is 12.4 Å². The molecule has 0 aromatic heterocycles. The van der Waals surface area contributed by atoms with Crippen molar-refractivity contribution in [2.75, 3.05) is 6.54 Å². The molecule has 3 heteroatoms. The van der Waals surface area contributed by atoms with Crippen LogP contribution >= 0.6 is 0 Å². The van der Waals surface area contributed by atoms with Crippen molar-refractivity contribution in [3.63, 3.8) is 0 Å². The van der Waals surface area contributed by atoms with Crippen LogP contribution in [0.15, 0.2) is 48.5 Å². The first-order valence-electron chi connectivity index (χ1n) is 6.44. The standard InChI is InChI=1S/C16H18FNO/c1-2-12-6-5-7-13(10-12)19-16(11-18)14-8-3-4-9-15(14)17/h3-10,16H,2,11,18H2,1H3. The lowest BCUT2D eigenvalue weighted by Gasteiger charge is -2.18. The Labute approximate surface area is 113 Å². The Bertz CT molecular complexity index is 542. The Morgan fingerprint density at radius 1 is 1.16 bits per heavy atom. The van der Waals surface area contributed by atoms with Crippen LogP contribution in [0.25, 0.3) is 0 Å². The summed E-state index contributed by atoms with van der Waals surface area (Å²) in [6, 6.07) is 14.4. The van der Waals surface area contributed by atoms with Crippen LogP contribution in [-0.4, -0.2) is 6.54 Å². The SMILES string of the molecule is CCc1cccc(OC(CN)c2ccccc2F)c1. The molecule has 2 aromatic rings. The van der Waals surface area contributed by atoms with E-state index >= 15 is 0 Å². The van der Waals surface area contributed by atoms with Crippen LogP contribution in [0.3, 0.4) is 0 Å². The number of ether oxygens (including phenoxy) is 1. The van der Waals surface area contributed by atoms with Gasteiger partial charge in [0.05, 0.1) is 0 Å². The lowest BCUT2D eigenvalue weighted by Crippen LogP contribution is -2.19. The molecular weight excluding hydrogens is 241 g/mol. The monoisotopic (exact) mass is 259 g/mol. The number of hydrogen-bond donors (Lipinski definition) is 1. The predicted octanol–water partition coefficient (Wildman–Crippen LogP) is 3.47. The van der Waals surface area contributed by atoms with Gasteiger partial charge in [-0.05, 0) is 30.2 Å². The average Bonchev–Trinajstić information content (AvgIpc) is 2.46. The summed E-state index contributed by atoms with van der Waals surface area (Å²) in [7, 11) is 0. The minimum Gasteiger partial charge on any atom is -0.484 e. The van der Waals surface area contributed by atoms with Crippen LogP contribution in [0, 0.1) is 5.82 Å². The maximum absolute atomic E-state index is 13.7. The van der Waals surface area contributed by atoms with Crippen LogP contribution in [0.4, 0.5) is 4.39 Å². The summed E-state index contributed by atoms with van der Waals surface area (Å²) < 4.78 is 19.5. The molecule has 2 N–H and O–H groups in total. The molecule has 1 unspecified atom stereocenters. The van der Waals surface area contributed by atoms with Gasteiger partial charge < -0.3 is 10.5 Å². The second-order valence-electron chi connectivity index (χ2n) is 4.36. The number of hydrogen-bond acceptors (Lipinski definition) is 2. The first kappa shape index (κ1) is 13.6. The number of halogens is 1. The average molecular weight is 259 g/mol. The zero-order valence-corrected chi connectivity index (χ0v) is 11.0. The summed E-state index contributed by atoms with van der Waals surface area (Å²) in [6.45, 7) is 2.31. The van der Waals surface area contributed by atoms with Crippen LogP contribution in [0.1, 0.15) is 24.2 Å². The third kappa shape index (κ3) is 3.32. The van der Waals surface area contributed by atoms with E-state index in [2.05, 4.69) is 6.92 Å². The first-order valence-corrected chi connectivity index (χ1v) is 6.44. The molecular formula is C16H18FNO. The summed E-state index contributed by atoms with van der Waals surface area (Å²) in [6.07, 6.45) is 0.470. The van der Waals surface area contributed by atoms with Crippen LogP contribution in [-0.2, 0) is 6.42 Å².